The second kappa shape index (κ2) is 8.34. The molecule has 0 aliphatic carbocycles. The number of carbonyl (C=O) groups is 1. The quantitative estimate of drug-likeness (QED) is 0.653. The molecule has 0 radical (unpaired) electrons. The van der Waals surface area contributed by atoms with Crippen molar-refractivity contribution in [2.45, 2.75) is 31.8 Å². The number of rotatable bonds is 5. The predicted molar refractivity (Wildman–Crippen MR) is 100 cm³/mol. The highest BCUT2D eigenvalue weighted by Gasteiger charge is 2.31. The number of piperidine rings is 1. The van der Waals surface area contributed by atoms with Crippen molar-refractivity contribution in [2.75, 3.05) is 13.1 Å². The van der Waals surface area contributed by atoms with E-state index in [0.717, 1.165) is 12.8 Å². The zero-order chi connectivity index (χ0) is 20.2. The van der Waals surface area contributed by atoms with E-state index in [1.54, 1.807) is 30.4 Å². The number of aromatic nitrogens is 4. The number of benzene rings is 1. The van der Waals surface area contributed by atoms with Crippen LogP contribution >= 0.6 is 0 Å². The number of carbonyl (C=O) groups excluding carboxylic acids is 1. The van der Waals surface area contributed by atoms with E-state index in [1.807, 2.05) is 0 Å². The standard InChI is InChI=1S/C20H20FN5O3/c1-13(28-16-6-4-15(21)5-7-16)20(27)26-10-2-3-14(12-26)18-24-19(29-25-18)17-11-22-8-9-23-17/h4-9,11,13-14H,2-3,10,12H2,1H3. The van der Waals surface area contributed by atoms with Gasteiger partial charge in [-0.3, -0.25) is 9.78 Å². The maximum atomic E-state index is 13.0. The van der Waals surface area contributed by atoms with Crippen LogP contribution in [0, 0.1) is 5.82 Å². The van der Waals surface area contributed by atoms with Gasteiger partial charge < -0.3 is 14.2 Å². The average Bonchev–Trinajstić information content (AvgIpc) is 3.26. The van der Waals surface area contributed by atoms with Crippen molar-refractivity contribution >= 4 is 5.91 Å². The first kappa shape index (κ1) is 19.0. The predicted octanol–water partition coefficient (Wildman–Crippen LogP) is 2.84. The van der Waals surface area contributed by atoms with Crippen molar-refractivity contribution in [3.05, 3.63) is 54.5 Å². The number of likely N-dealkylation sites (tertiary alicyclic amines) is 1. The Morgan fingerprint density at radius 1 is 1.31 bits per heavy atom. The van der Waals surface area contributed by atoms with E-state index in [0.29, 0.717) is 36.2 Å². The van der Waals surface area contributed by atoms with Gasteiger partial charge in [-0.15, -0.1) is 0 Å². The van der Waals surface area contributed by atoms with E-state index >= 15 is 0 Å². The fourth-order valence-electron chi connectivity index (χ4n) is 3.33. The molecule has 1 saturated heterocycles. The molecule has 1 aromatic carbocycles. The zero-order valence-corrected chi connectivity index (χ0v) is 15.9. The van der Waals surface area contributed by atoms with Gasteiger partial charge in [0.25, 0.3) is 11.8 Å². The van der Waals surface area contributed by atoms with Crippen molar-refractivity contribution in [3.8, 4) is 17.3 Å². The molecule has 3 heterocycles. The van der Waals surface area contributed by atoms with Crippen molar-refractivity contribution in [3.63, 3.8) is 0 Å². The molecule has 2 unspecified atom stereocenters. The lowest BCUT2D eigenvalue weighted by Crippen LogP contribution is -2.45. The Labute approximate surface area is 166 Å². The summed E-state index contributed by atoms with van der Waals surface area (Å²) in [4.78, 5) is 27.2. The lowest BCUT2D eigenvalue weighted by molar-refractivity contribution is -0.139. The second-order valence-corrected chi connectivity index (χ2v) is 6.89. The average molecular weight is 397 g/mol. The van der Waals surface area contributed by atoms with Gasteiger partial charge in [0.15, 0.2) is 11.9 Å². The smallest absolute Gasteiger partial charge is 0.278 e. The molecule has 0 spiro atoms. The number of hydrogen-bond donors (Lipinski definition) is 0. The van der Waals surface area contributed by atoms with Gasteiger partial charge in [0.2, 0.25) is 0 Å². The molecule has 150 valence electrons. The van der Waals surface area contributed by atoms with Gasteiger partial charge in [-0.2, -0.15) is 4.98 Å². The van der Waals surface area contributed by atoms with Crippen LogP contribution in [0.4, 0.5) is 4.39 Å². The first-order chi connectivity index (χ1) is 14.1. The number of amides is 1. The molecule has 2 atom stereocenters. The van der Waals surface area contributed by atoms with Gasteiger partial charge >= 0.3 is 0 Å². The minimum Gasteiger partial charge on any atom is -0.481 e. The van der Waals surface area contributed by atoms with Crippen molar-refractivity contribution < 1.29 is 18.4 Å². The van der Waals surface area contributed by atoms with Crippen molar-refractivity contribution in [1.82, 2.24) is 25.0 Å². The molecule has 1 aliphatic rings. The normalized spacial score (nSPS) is 17.7. The van der Waals surface area contributed by atoms with E-state index < -0.39 is 6.10 Å². The first-order valence-electron chi connectivity index (χ1n) is 9.41. The van der Waals surface area contributed by atoms with E-state index in [4.69, 9.17) is 9.26 Å². The van der Waals surface area contributed by atoms with Crippen LogP contribution in [0.25, 0.3) is 11.6 Å². The number of halogens is 1. The minimum absolute atomic E-state index is 0.0279. The summed E-state index contributed by atoms with van der Waals surface area (Å²) in [5.41, 5.74) is 0.510. The summed E-state index contributed by atoms with van der Waals surface area (Å²) in [5, 5.41) is 4.07. The maximum Gasteiger partial charge on any atom is 0.278 e. The summed E-state index contributed by atoms with van der Waals surface area (Å²) in [6, 6.07) is 5.61. The molecule has 1 amide bonds. The topological polar surface area (TPSA) is 94.2 Å². The Hall–Kier alpha value is -3.36. The third-order valence-corrected chi connectivity index (χ3v) is 4.80. The largest absolute Gasteiger partial charge is 0.481 e. The van der Waals surface area contributed by atoms with Crippen LogP contribution in [-0.4, -0.2) is 50.1 Å². The van der Waals surface area contributed by atoms with Crippen molar-refractivity contribution in [2.24, 2.45) is 0 Å². The fraction of sp³-hybridized carbons (Fsp3) is 0.350. The molecule has 0 bridgehead atoms. The van der Waals surface area contributed by atoms with E-state index in [-0.39, 0.29) is 17.6 Å². The summed E-state index contributed by atoms with van der Waals surface area (Å²) in [7, 11) is 0. The molecule has 2 aromatic heterocycles. The van der Waals surface area contributed by atoms with Gasteiger partial charge in [-0.05, 0) is 44.0 Å². The summed E-state index contributed by atoms with van der Waals surface area (Å²) in [6.45, 7) is 2.81. The van der Waals surface area contributed by atoms with Gasteiger partial charge in [-0.1, -0.05) is 5.16 Å². The first-order valence-corrected chi connectivity index (χ1v) is 9.41. The summed E-state index contributed by atoms with van der Waals surface area (Å²) in [6.07, 6.45) is 5.69. The molecule has 0 saturated carbocycles. The van der Waals surface area contributed by atoms with Crippen LogP contribution < -0.4 is 4.74 Å². The highest BCUT2D eigenvalue weighted by Crippen LogP contribution is 2.27. The van der Waals surface area contributed by atoms with E-state index in [2.05, 4.69) is 20.1 Å². The molecule has 9 heteroatoms. The lowest BCUT2D eigenvalue weighted by atomic mass is 9.97. The van der Waals surface area contributed by atoms with Gasteiger partial charge in [0.1, 0.15) is 17.3 Å². The van der Waals surface area contributed by atoms with Crippen LogP contribution in [0.5, 0.6) is 5.75 Å². The van der Waals surface area contributed by atoms with Crippen molar-refractivity contribution in [1.29, 1.82) is 0 Å². The fourth-order valence-corrected chi connectivity index (χ4v) is 3.33. The molecule has 8 nitrogen and oxygen atoms in total. The third kappa shape index (κ3) is 4.39. The van der Waals surface area contributed by atoms with Gasteiger partial charge in [0, 0.05) is 31.4 Å². The Morgan fingerprint density at radius 3 is 2.90 bits per heavy atom. The minimum atomic E-state index is -0.681. The van der Waals surface area contributed by atoms with E-state index in [1.165, 1.54) is 24.3 Å². The Kier molecular flexibility index (Phi) is 5.46. The monoisotopic (exact) mass is 397 g/mol. The molecule has 0 N–H and O–H groups in total. The Balaban J connectivity index is 1.40. The SMILES string of the molecule is CC(Oc1ccc(F)cc1)C(=O)N1CCCC(c2noc(-c3cnccn3)n2)C1. The van der Waals surface area contributed by atoms with Crippen LogP contribution in [0.3, 0.4) is 0 Å². The van der Waals surface area contributed by atoms with Gasteiger partial charge in [0.05, 0.1) is 6.20 Å². The maximum absolute atomic E-state index is 13.0. The summed E-state index contributed by atoms with van der Waals surface area (Å²) in [5.74, 6) is 0.806. The number of ether oxygens (including phenoxy) is 1. The molecular weight excluding hydrogens is 377 g/mol. The molecule has 1 fully saturated rings. The highest BCUT2D eigenvalue weighted by molar-refractivity contribution is 5.81. The number of nitrogens with zero attached hydrogens (tertiary/aromatic N) is 5. The van der Waals surface area contributed by atoms with Crippen LogP contribution in [0.1, 0.15) is 31.5 Å². The zero-order valence-electron chi connectivity index (χ0n) is 15.9. The second-order valence-electron chi connectivity index (χ2n) is 6.89. The Morgan fingerprint density at radius 2 is 2.14 bits per heavy atom. The Bertz CT molecular complexity index is 964. The molecule has 1 aliphatic heterocycles. The molecule has 29 heavy (non-hydrogen) atoms. The molecule has 3 aromatic rings. The molecule has 4 rings (SSSR count). The summed E-state index contributed by atoms with van der Waals surface area (Å²) >= 11 is 0. The van der Waals surface area contributed by atoms with Crippen LogP contribution in [0.15, 0.2) is 47.4 Å². The lowest BCUT2D eigenvalue weighted by Gasteiger charge is -2.33. The third-order valence-electron chi connectivity index (χ3n) is 4.80. The molecular formula is C20H20FN5O3. The van der Waals surface area contributed by atoms with Crippen LogP contribution in [0.2, 0.25) is 0 Å². The highest BCUT2D eigenvalue weighted by atomic mass is 19.1. The van der Waals surface area contributed by atoms with Gasteiger partial charge in [-0.25, -0.2) is 9.37 Å². The van der Waals surface area contributed by atoms with Crippen LogP contribution in [-0.2, 0) is 4.79 Å². The number of hydrogen-bond acceptors (Lipinski definition) is 7. The summed E-state index contributed by atoms with van der Waals surface area (Å²) < 4.78 is 24.0. The van der Waals surface area contributed by atoms with E-state index in [9.17, 15) is 9.18 Å².